The van der Waals surface area contributed by atoms with Gasteiger partial charge >= 0.3 is 0 Å². The van der Waals surface area contributed by atoms with Crippen molar-refractivity contribution in [3.05, 3.63) is 0 Å². The highest BCUT2D eigenvalue weighted by atomic mass is 16.5. The van der Waals surface area contributed by atoms with Gasteiger partial charge in [-0.1, -0.05) is 20.8 Å². The molecule has 0 radical (unpaired) electrons. The smallest absolute Gasteiger partial charge is 0.0987 e. The summed E-state index contributed by atoms with van der Waals surface area (Å²) in [5, 5.41) is 3.55. The predicted octanol–water partition coefficient (Wildman–Crippen LogP) is 2.98. The van der Waals surface area contributed by atoms with Crippen LogP contribution in [-0.2, 0) is 9.47 Å². The van der Waals surface area contributed by atoms with Gasteiger partial charge in [0.1, 0.15) is 0 Å². The largest absolute Gasteiger partial charge is 0.377 e. The van der Waals surface area contributed by atoms with Crippen LogP contribution in [0.2, 0.25) is 0 Å². The van der Waals surface area contributed by atoms with Crippen LogP contribution in [0.3, 0.4) is 0 Å². The maximum absolute atomic E-state index is 6.29. The van der Waals surface area contributed by atoms with E-state index in [2.05, 4.69) is 26.1 Å². The van der Waals surface area contributed by atoms with Crippen molar-refractivity contribution in [1.82, 2.24) is 5.32 Å². The van der Waals surface area contributed by atoms with Crippen molar-refractivity contribution in [3.8, 4) is 0 Å². The highest BCUT2D eigenvalue weighted by Gasteiger charge is 2.43. The van der Waals surface area contributed by atoms with Crippen LogP contribution in [0.4, 0.5) is 0 Å². The average molecular weight is 269 g/mol. The van der Waals surface area contributed by atoms with E-state index >= 15 is 0 Å². The highest BCUT2D eigenvalue weighted by Crippen LogP contribution is 2.35. The Morgan fingerprint density at radius 3 is 2.53 bits per heavy atom. The Morgan fingerprint density at radius 2 is 1.89 bits per heavy atom. The van der Waals surface area contributed by atoms with Gasteiger partial charge in [-0.3, -0.25) is 0 Å². The molecule has 3 heteroatoms. The summed E-state index contributed by atoms with van der Waals surface area (Å²) in [4.78, 5) is 0. The topological polar surface area (TPSA) is 30.5 Å². The Balaban J connectivity index is 1.74. The Kier molecular flexibility index (Phi) is 5.67. The van der Waals surface area contributed by atoms with E-state index < -0.39 is 0 Å². The number of methoxy groups -OCH3 is 1. The van der Waals surface area contributed by atoms with E-state index in [1.165, 1.54) is 25.7 Å². The lowest BCUT2D eigenvalue weighted by Crippen LogP contribution is -2.60. The molecule has 0 aliphatic heterocycles. The van der Waals surface area contributed by atoms with E-state index in [1.54, 1.807) is 0 Å². The van der Waals surface area contributed by atoms with Gasteiger partial charge in [-0.2, -0.15) is 0 Å². The van der Waals surface area contributed by atoms with Crippen LogP contribution in [0.1, 0.15) is 52.9 Å². The maximum atomic E-state index is 6.29. The molecule has 0 aromatic heterocycles. The van der Waals surface area contributed by atoms with Gasteiger partial charge in [0.05, 0.1) is 18.3 Å². The third kappa shape index (κ3) is 3.71. The molecular formula is C16H31NO2. The molecule has 2 saturated carbocycles. The quantitative estimate of drug-likeness (QED) is 0.804. The third-order valence-corrected chi connectivity index (χ3v) is 5.10. The minimum atomic E-state index is 0.251. The first-order chi connectivity index (χ1) is 9.15. The van der Waals surface area contributed by atoms with Gasteiger partial charge < -0.3 is 14.8 Å². The van der Waals surface area contributed by atoms with Gasteiger partial charge in [-0.15, -0.1) is 0 Å². The highest BCUT2D eigenvalue weighted by molar-refractivity contribution is 4.97. The van der Waals surface area contributed by atoms with E-state index in [0.29, 0.717) is 18.2 Å². The first-order valence-electron chi connectivity index (χ1n) is 8.07. The first kappa shape index (κ1) is 15.3. The molecule has 3 nitrogen and oxygen atoms in total. The van der Waals surface area contributed by atoms with Crippen LogP contribution in [-0.4, -0.2) is 38.0 Å². The van der Waals surface area contributed by atoms with Crippen LogP contribution in [0.15, 0.2) is 0 Å². The molecule has 0 saturated heterocycles. The molecule has 2 aliphatic rings. The lowest BCUT2D eigenvalue weighted by atomic mass is 9.79. The van der Waals surface area contributed by atoms with E-state index in [4.69, 9.17) is 9.47 Å². The van der Waals surface area contributed by atoms with Gasteiger partial charge in [0.25, 0.3) is 0 Å². The molecule has 0 aromatic carbocycles. The average Bonchev–Trinajstić information content (AvgIpc) is 2.37. The molecule has 0 aromatic rings. The number of hydrogen-bond donors (Lipinski definition) is 1. The fourth-order valence-corrected chi connectivity index (χ4v) is 3.43. The van der Waals surface area contributed by atoms with Crippen molar-refractivity contribution in [2.24, 2.45) is 11.8 Å². The second-order valence-corrected chi connectivity index (χ2v) is 6.56. The van der Waals surface area contributed by atoms with Gasteiger partial charge in [0.15, 0.2) is 0 Å². The third-order valence-electron chi connectivity index (χ3n) is 5.10. The summed E-state index contributed by atoms with van der Waals surface area (Å²) in [6, 6.07) is 0.495. The van der Waals surface area contributed by atoms with Crippen molar-refractivity contribution in [2.45, 2.75) is 77.2 Å². The van der Waals surface area contributed by atoms with Gasteiger partial charge in [0.2, 0.25) is 0 Å². The van der Waals surface area contributed by atoms with Crippen molar-refractivity contribution in [3.63, 3.8) is 0 Å². The Labute approximate surface area is 118 Å². The summed E-state index contributed by atoms with van der Waals surface area (Å²) in [6.07, 6.45) is 7.07. The lowest BCUT2D eigenvalue weighted by Gasteiger charge is -2.46. The normalized spacial score (nSPS) is 42.9. The molecule has 6 unspecified atom stereocenters. The minimum Gasteiger partial charge on any atom is -0.377 e. The fraction of sp³-hybridized carbons (Fsp3) is 1.00. The summed E-state index contributed by atoms with van der Waals surface area (Å²) in [5.74, 6) is 1.66. The first-order valence-corrected chi connectivity index (χ1v) is 8.07. The second-order valence-electron chi connectivity index (χ2n) is 6.56. The monoisotopic (exact) mass is 269 g/mol. The summed E-state index contributed by atoms with van der Waals surface area (Å²) in [6.45, 7) is 8.01. The van der Waals surface area contributed by atoms with Crippen LogP contribution < -0.4 is 5.32 Å². The zero-order chi connectivity index (χ0) is 13.8. The van der Waals surface area contributed by atoms with Crippen LogP contribution in [0, 0.1) is 11.8 Å². The zero-order valence-electron chi connectivity index (χ0n) is 13.0. The number of ether oxygens (including phenoxy) is 2. The number of nitrogens with one attached hydrogen (secondary N) is 1. The Hall–Kier alpha value is -0.120. The predicted molar refractivity (Wildman–Crippen MR) is 78.3 cm³/mol. The van der Waals surface area contributed by atoms with E-state index in [9.17, 15) is 0 Å². The number of hydrogen-bond acceptors (Lipinski definition) is 3. The van der Waals surface area contributed by atoms with Gasteiger partial charge in [-0.25, -0.2) is 0 Å². The van der Waals surface area contributed by atoms with Gasteiger partial charge in [0, 0.05) is 13.2 Å². The second kappa shape index (κ2) is 7.05. The van der Waals surface area contributed by atoms with E-state index in [-0.39, 0.29) is 6.10 Å². The van der Waals surface area contributed by atoms with Crippen molar-refractivity contribution in [1.29, 1.82) is 0 Å². The molecule has 6 atom stereocenters. The molecule has 112 valence electrons. The lowest BCUT2D eigenvalue weighted by molar-refractivity contribution is -0.166. The molecule has 0 bridgehead atoms. The minimum absolute atomic E-state index is 0.251. The maximum Gasteiger partial charge on any atom is 0.0987 e. The van der Waals surface area contributed by atoms with Crippen molar-refractivity contribution in [2.75, 3.05) is 13.7 Å². The van der Waals surface area contributed by atoms with Crippen LogP contribution in [0.5, 0.6) is 0 Å². The molecule has 19 heavy (non-hydrogen) atoms. The molecule has 0 heterocycles. The molecule has 2 fully saturated rings. The molecule has 0 spiro atoms. The summed E-state index contributed by atoms with van der Waals surface area (Å²) >= 11 is 0. The van der Waals surface area contributed by atoms with E-state index in [1.807, 2.05) is 7.11 Å². The number of rotatable bonds is 6. The van der Waals surface area contributed by atoms with Crippen LogP contribution in [0.25, 0.3) is 0 Å². The van der Waals surface area contributed by atoms with Gasteiger partial charge in [-0.05, 0) is 50.5 Å². The summed E-state index contributed by atoms with van der Waals surface area (Å²) < 4.78 is 11.9. The van der Waals surface area contributed by atoms with E-state index in [0.717, 1.165) is 24.8 Å². The fourth-order valence-electron chi connectivity index (χ4n) is 3.43. The standard InChI is InChI=1S/C16H31NO2/c1-5-8-17-14-10-15(16(14)18-4)19-13-7-6-11(2)12(3)9-13/h11-17H,5-10H2,1-4H3. The molecular weight excluding hydrogens is 238 g/mol. The van der Waals surface area contributed by atoms with Crippen molar-refractivity contribution < 1.29 is 9.47 Å². The molecule has 2 rings (SSSR count). The Morgan fingerprint density at radius 1 is 1.11 bits per heavy atom. The Bertz CT molecular complexity index is 271. The van der Waals surface area contributed by atoms with Crippen molar-refractivity contribution >= 4 is 0 Å². The molecule has 2 aliphatic carbocycles. The summed E-state index contributed by atoms with van der Waals surface area (Å²) in [5.41, 5.74) is 0. The molecule has 0 amide bonds. The van der Waals surface area contributed by atoms with Crippen LogP contribution >= 0.6 is 0 Å². The SMILES string of the molecule is CCCNC1CC(OC2CCC(C)C(C)C2)C1OC. The zero-order valence-corrected chi connectivity index (χ0v) is 13.0. The summed E-state index contributed by atoms with van der Waals surface area (Å²) in [7, 11) is 1.81. The molecule has 1 N–H and O–H groups in total.